The summed E-state index contributed by atoms with van der Waals surface area (Å²) in [5.74, 6) is 1.15. The van der Waals surface area contributed by atoms with Crippen LogP contribution in [0.25, 0.3) is 0 Å². The fraction of sp³-hybridized carbons (Fsp3) is 0.741. The summed E-state index contributed by atoms with van der Waals surface area (Å²) in [6.45, 7) is 8.17. The van der Waals surface area contributed by atoms with Gasteiger partial charge in [-0.15, -0.1) is 0 Å². The zero-order chi connectivity index (χ0) is 23.3. The molecule has 0 heterocycles. The van der Waals surface area contributed by atoms with E-state index in [1.807, 2.05) is 6.08 Å². The molecule has 0 saturated heterocycles. The first-order valence-corrected chi connectivity index (χ1v) is 12.3. The van der Waals surface area contributed by atoms with Crippen molar-refractivity contribution in [1.82, 2.24) is 0 Å². The Morgan fingerprint density at radius 2 is 1.97 bits per heavy atom. The van der Waals surface area contributed by atoms with Gasteiger partial charge in [0.15, 0.2) is 5.78 Å². The van der Waals surface area contributed by atoms with Crippen LogP contribution in [0.1, 0.15) is 79.1 Å². The average molecular weight is 443 g/mol. The smallest absolute Gasteiger partial charge is 0.305 e. The molecule has 0 unspecified atom stereocenters. The largest absolute Gasteiger partial charge is 0.469 e. The Bertz CT molecular complexity index is 869. The zero-order valence-electron chi connectivity index (χ0n) is 20.2. The van der Waals surface area contributed by atoms with Gasteiger partial charge in [0, 0.05) is 18.8 Å². The van der Waals surface area contributed by atoms with Crippen molar-refractivity contribution in [3.63, 3.8) is 0 Å². The molecule has 32 heavy (non-hydrogen) atoms. The predicted molar refractivity (Wildman–Crippen MR) is 122 cm³/mol. The first-order valence-electron chi connectivity index (χ1n) is 12.3. The minimum Gasteiger partial charge on any atom is -0.469 e. The lowest BCUT2D eigenvalue weighted by Gasteiger charge is -2.53. The van der Waals surface area contributed by atoms with Gasteiger partial charge in [0.05, 0.1) is 7.11 Å². The van der Waals surface area contributed by atoms with Gasteiger partial charge in [-0.3, -0.25) is 14.4 Å². The van der Waals surface area contributed by atoms with Crippen LogP contribution in [0.5, 0.6) is 0 Å². The van der Waals surface area contributed by atoms with Gasteiger partial charge in [-0.1, -0.05) is 26.8 Å². The SMILES string of the molecule is COC(=O)CC[C@H](C)[C@@H]1CC[C@@H]2C3=CC[C@@H]4C[C@H](OC(C)=O)CC[C@@]4(C)C3=CC(=O)[C@@]21C. The topological polar surface area (TPSA) is 69.7 Å². The third kappa shape index (κ3) is 3.66. The molecule has 0 N–H and O–H groups in total. The monoisotopic (exact) mass is 442 g/mol. The summed E-state index contributed by atoms with van der Waals surface area (Å²) in [5, 5.41) is 0. The minimum absolute atomic E-state index is 0.00259. The molecule has 5 heteroatoms. The number of rotatable bonds is 5. The first-order chi connectivity index (χ1) is 15.1. The minimum atomic E-state index is -0.386. The highest BCUT2D eigenvalue weighted by molar-refractivity contribution is 5.99. The summed E-state index contributed by atoms with van der Waals surface area (Å²) >= 11 is 0. The van der Waals surface area contributed by atoms with Crippen LogP contribution >= 0.6 is 0 Å². The van der Waals surface area contributed by atoms with E-state index in [1.54, 1.807) is 0 Å². The van der Waals surface area contributed by atoms with Gasteiger partial charge in [0.25, 0.3) is 0 Å². The van der Waals surface area contributed by atoms with E-state index in [2.05, 4.69) is 26.8 Å². The van der Waals surface area contributed by atoms with Crippen LogP contribution in [-0.4, -0.2) is 30.9 Å². The normalized spacial score (nSPS) is 39.1. The Labute approximate surface area is 192 Å². The summed E-state index contributed by atoms with van der Waals surface area (Å²) in [4.78, 5) is 36.8. The summed E-state index contributed by atoms with van der Waals surface area (Å²) in [6.07, 6.45) is 11.3. The van der Waals surface area contributed by atoms with Crippen LogP contribution in [0.3, 0.4) is 0 Å². The fourth-order valence-electron chi connectivity index (χ4n) is 7.55. The van der Waals surface area contributed by atoms with E-state index >= 15 is 0 Å². The molecule has 2 fully saturated rings. The molecule has 0 aliphatic heterocycles. The second kappa shape index (κ2) is 8.46. The standard InChI is InChI=1S/C27H38O5/c1-16(6-11-25(30)31-5)21-9-10-22-20-8-7-18-14-19(32-17(2)28)12-13-26(18,3)23(20)15-24(29)27(21,22)4/h8,15-16,18-19,21-22H,6-7,9-14H2,1-5H3/t16-,18+,19+,21-,22+,26+,27+/m0/s1. The van der Waals surface area contributed by atoms with E-state index in [9.17, 15) is 14.4 Å². The Hall–Kier alpha value is -1.91. The lowest BCUT2D eigenvalue weighted by atomic mass is 9.51. The highest BCUT2D eigenvalue weighted by atomic mass is 16.5. The number of ketones is 1. The molecule has 4 aliphatic carbocycles. The molecular weight excluding hydrogens is 404 g/mol. The van der Waals surface area contributed by atoms with Crippen LogP contribution in [0.2, 0.25) is 0 Å². The van der Waals surface area contributed by atoms with Gasteiger partial charge < -0.3 is 9.47 Å². The van der Waals surface area contributed by atoms with E-state index in [0.29, 0.717) is 18.3 Å². The maximum atomic E-state index is 13.7. The lowest BCUT2D eigenvalue weighted by molar-refractivity contribution is -0.150. The van der Waals surface area contributed by atoms with E-state index < -0.39 is 0 Å². The number of fused-ring (bicyclic) bond motifs is 5. The van der Waals surface area contributed by atoms with Crippen LogP contribution in [0, 0.1) is 34.5 Å². The second-order valence-electron chi connectivity index (χ2n) is 11.0. The number of allylic oxidation sites excluding steroid dienone is 4. The fourth-order valence-corrected chi connectivity index (χ4v) is 7.55. The maximum absolute atomic E-state index is 13.7. The molecule has 2 saturated carbocycles. The first kappa shape index (κ1) is 23.3. The second-order valence-corrected chi connectivity index (χ2v) is 11.0. The van der Waals surface area contributed by atoms with Gasteiger partial charge >= 0.3 is 11.9 Å². The van der Waals surface area contributed by atoms with E-state index in [1.165, 1.54) is 25.2 Å². The van der Waals surface area contributed by atoms with Gasteiger partial charge in [-0.05, 0) is 91.3 Å². The molecule has 0 aromatic heterocycles. The van der Waals surface area contributed by atoms with E-state index in [-0.39, 0.29) is 46.5 Å². The van der Waals surface area contributed by atoms with Gasteiger partial charge in [-0.25, -0.2) is 0 Å². The van der Waals surface area contributed by atoms with Crippen molar-refractivity contribution in [2.75, 3.05) is 7.11 Å². The number of hydrogen-bond donors (Lipinski definition) is 0. The van der Waals surface area contributed by atoms with Crippen LogP contribution < -0.4 is 0 Å². The Morgan fingerprint density at radius 3 is 2.66 bits per heavy atom. The predicted octanol–water partition coefficient (Wildman–Crippen LogP) is 5.19. The molecule has 0 bridgehead atoms. The number of carbonyl (C=O) groups excluding carboxylic acids is 3. The molecule has 4 rings (SSSR count). The molecule has 0 aromatic carbocycles. The molecule has 176 valence electrons. The molecular formula is C27H38O5. The molecule has 0 spiro atoms. The Morgan fingerprint density at radius 1 is 1.22 bits per heavy atom. The van der Waals surface area contributed by atoms with Gasteiger partial charge in [0.2, 0.25) is 0 Å². The number of methoxy groups -OCH3 is 1. The van der Waals surface area contributed by atoms with Crippen LogP contribution in [0.4, 0.5) is 0 Å². The maximum Gasteiger partial charge on any atom is 0.305 e. The number of carbonyl (C=O) groups is 3. The summed E-state index contributed by atoms with van der Waals surface area (Å²) in [7, 11) is 1.43. The van der Waals surface area contributed by atoms with Crippen molar-refractivity contribution in [1.29, 1.82) is 0 Å². The van der Waals surface area contributed by atoms with E-state index in [0.717, 1.165) is 44.9 Å². The Balaban J connectivity index is 1.58. The summed E-state index contributed by atoms with van der Waals surface area (Å²) in [5.41, 5.74) is 2.25. The molecule has 0 radical (unpaired) electrons. The van der Waals surface area contributed by atoms with Gasteiger partial charge in [0.1, 0.15) is 6.10 Å². The van der Waals surface area contributed by atoms with Crippen molar-refractivity contribution in [3.05, 3.63) is 23.3 Å². The van der Waals surface area contributed by atoms with Crippen molar-refractivity contribution in [2.45, 2.75) is 85.2 Å². The third-order valence-corrected chi connectivity index (χ3v) is 9.48. The van der Waals surface area contributed by atoms with Crippen LogP contribution in [-0.2, 0) is 23.9 Å². The molecule has 0 amide bonds. The summed E-state index contributed by atoms with van der Waals surface area (Å²) < 4.78 is 10.4. The van der Waals surface area contributed by atoms with Gasteiger partial charge in [-0.2, -0.15) is 0 Å². The molecule has 0 aromatic rings. The van der Waals surface area contributed by atoms with Crippen LogP contribution in [0.15, 0.2) is 23.3 Å². The average Bonchev–Trinajstić information content (AvgIpc) is 3.11. The van der Waals surface area contributed by atoms with Crippen molar-refractivity contribution in [3.8, 4) is 0 Å². The van der Waals surface area contributed by atoms with E-state index in [4.69, 9.17) is 9.47 Å². The zero-order valence-corrected chi connectivity index (χ0v) is 20.2. The number of ether oxygens (including phenoxy) is 2. The highest BCUT2D eigenvalue weighted by Gasteiger charge is 2.59. The highest BCUT2D eigenvalue weighted by Crippen LogP contribution is 2.64. The van der Waals surface area contributed by atoms with Crippen molar-refractivity contribution < 1.29 is 23.9 Å². The third-order valence-electron chi connectivity index (χ3n) is 9.48. The molecule has 5 nitrogen and oxygen atoms in total. The van der Waals surface area contributed by atoms with Crippen molar-refractivity contribution in [2.24, 2.45) is 34.5 Å². The van der Waals surface area contributed by atoms with Crippen molar-refractivity contribution >= 4 is 17.7 Å². The Kier molecular flexibility index (Phi) is 6.15. The number of hydrogen-bond acceptors (Lipinski definition) is 5. The number of esters is 2. The molecule has 4 aliphatic rings. The summed E-state index contributed by atoms with van der Waals surface area (Å²) in [6, 6.07) is 0. The molecule has 7 atom stereocenters. The lowest BCUT2D eigenvalue weighted by Crippen LogP contribution is -2.48. The quantitative estimate of drug-likeness (QED) is 0.548.